The molecule has 0 fully saturated rings. The third-order valence-electron chi connectivity index (χ3n) is 4.96. The van der Waals surface area contributed by atoms with Crippen LogP contribution in [0.4, 0.5) is 5.69 Å². The standard InChI is InChI=1S/C22H20N6O5/c1-3-33-22(32)16-12-25-28-17(7-9-23-19(16)28)14-5-4-6-15(11-14)26-20(29)13(2)27-18(21(30)31)8-10-24-27/h4-13H,3H2,1-2H3,(H,26,29)(H,30,31). The van der Waals surface area contributed by atoms with Gasteiger partial charge in [0, 0.05) is 23.6 Å². The van der Waals surface area contributed by atoms with E-state index in [0.717, 1.165) is 10.2 Å². The summed E-state index contributed by atoms with van der Waals surface area (Å²) in [6, 6.07) is 9.26. The summed E-state index contributed by atoms with van der Waals surface area (Å²) in [7, 11) is 0. The molecule has 33 heavy (non-hydrogen) atoms. The first-order valence-corrected chi connectivity index (χ1v) is 10.1. The van der Waals surface area contributed by atoms with E-state index in [1.165, 1.54) is 23.0 Å². The number of anilines is 1. The number of benzene rings is 1. The average Bonchev–Trinajstić information content (AvgIpc) is 3.46. The highest BCUT2D eigenvalue weighted by molar-refractivity contribution is 5.96. The number of carbonyl (C=O) groups is 3. The molecule has 0 saturated heterocycles. The summed E-state index contributed by atoms with van der Waals surface area (Å²) in [4.78, 5) is 40.5. The number of carbonyl (C=O) groups excluding carboxylic acids is 2. The maximum atomic E-state index is 12.7. The van der Waals surface area contributed by atoms with E-state index >= 15 is 0 Å². The van der Waals surface area contributed by atoms with E-state index in [1.54, 1.807) is 44.3 Å². The van der Waals surface area contributed by atoms with Crippen LogP contribution in [-0.4, -0.2) is 53.9 Å². The van der Waals surface area contributed by atoms with Gasteiger partial charge in [-0.05, 0) is 38.1 Å². The van der Waals surface area contributed by atoms with Crippen LogP contribution in [0.15, 0.2) is 55.0 Å². The number of aromatic carboxylic acids is 1. The summed E-state index contributed by atoms with van der Waals surface area (Å²) >= 11 is 0. The van der Waals surface area contributed by atoms with Gasteiger partial charge in [0.15, 0.2) is 5.65 Å². The van der Waals surface area contributed by atoms with Gasteiger partial charge in [-0.25, -0.2) is 23.8 Å². The summed E-state index contributed by atoms with van der Waals surface area (Å²) in [5.41, 5.74) is 2.40. The maximum absolute atomic E-state index is 12.7. The first-order chi connectivity index (χ1) is 15.9. The van der Waals surface area contributed by atoms with Crippen LogP contribution in [-0.2, 0) is 9.53 Å². The van der Waals surface area contributed by atoms with Crippen molar-refractivity contribution in [1.82, 2.24) is 24.4 Å². The van der Waals surface area contributed by atoms with Gasteiger partial charge >= 0.3 is 11.9 Å². The van der Waals surface area contributed by atoms with Gasteiger partial charge < -0.3 is 15.2 Å². The largest absolute Gasteiger partial charge is 0.477 e. The molecule has 168 valence electrons. The molecule has 3 aromatic heterocycles. The number of amides is 1. The van der Waals surface area contributed by atoms with E-state index in [9.17, 15) is 19.5 Å². The Morgan fingerprint density at radius 3 is 2.73 bits per heavy atom. The molecule has 4 rings (SSSR count). The van der Waals surface area contributed by atoms with E-state index in [0.29, 0.717) is 17.0 Å². The first-order valence-electron chi connectivity index (χ1n) is 10.1. The number of nitrogens with zero attached hydrogens (tertiary/aromatic N) is 5. The van der Waals surface area contributed by atoms with Gasteiger partial charge in [-0.2, -0.15) is 10.2 Å². The third-order valence-corrected chi connectivity index (χ3v) is 4.96. The molecular weight excluding hydrogens is 428 g/mol. The van der Waals surface area contributed by atoms with Crippen molar-refractivity contribution >= 4 is 29.2 Å². The van der Waals surface area contributed by atoms with Crippen LogP contribution >= 0.6 is 0 Å². The molecule has 0 aliphatic rings. The second kappa shape index (κ2) is 8.91. The average molecular weight is 448 g/mol. The van der Waals surface area contributed by atoms with E-state index in [2.05, 4.69) is 20.5 Å². The van der Waals surface area contributed by atoms with Crippen LogP contribution in [0.3, 0.4) is 0 Å². The quantitative estimate of drug-likeness (QED) is 0.411. The molecule has 1 amide bonds. The minimum Gasteiger partial charge on any atom is -0.477 e. The molecule has 11 heteroatoms. The third kappa shape index (κ3) is 4.15. The van der Waals surface area contributed by atoms with Crippen LogP contribution in [0.2, 0.25) is 0 Å². The van der Waals surface area contributed by atoms with Gasteiger partial charge in [-0.3, -0.25) is 4.79 Å². The molecule has 4 aromatic rings. The normalized spacial score (nSPS) is 11.8. The number of esters is 1. The van der Waals surface area contributed by atoms with Crippen LogP contribution in [0.25, 0.3) is 16.9 Å². The van der Waals surface area contributed by atoms with Crippen molar-refractivity contribution < 1.29 is 24.2 Å². The van der Waals surface area contributed by atoms with Crippen molar-refractivity contribution in [2.75, 3.05) is 11.9 Å². The molecule has 0 aliphatic heterocycles. The molecule has 0 bridgehead atoms. The molecule has 0 saturated carbocycles. The van der Waals surface area contributed by atoms with E-state index in [4.69, 9.17) is 4.74 Å². The summed E-state index contributed by atoms with van der Waals surface area (Å²) in [6.45, 7) is 3.52. The lowest BCUT2D eigenvalue weighted by atomic mass is 10.1. The van der Waals surface area contributed by atoms with Crippen molar-refractivity contribution in [1.29, 1.82) is 0 Å². The number of carboxylic acid groups (broad SMARTS) is 1. The molecule has 2 N–H and O–H groups in total. The van der Waals surface area contributed by atoms with Crippen molar-refractivity contribution in [3.63, 3.8) is 0 Å². The number of aromatic nitrogens is 5. The molecular formula is C22H20N6O5. The SMILES string of the molecule is CCOC(=O)c1cnn2c(-c3cccc(NC(=O)C(C)n4nccc4C(=O)O)c3)ccnc12. The maximum Gasteiger partial charge on any atom is 0.354 e. The molecule has 1 atom stereocenters. The summed E-state index contributed by atoms with van der Waals surface area (Å²) in [6.07, 6.45) is 4.30. The van der Waals surface area contributed by atoms with E-state index in [-0.39, 0.29) is 17.9 Å². The number of hydrogen-bond donors (Lipinski definition) is 2. The van der Waals surface area contributed by atoms with Crippen LogP contribution in [0, 0.1) is 0 Å². The van der Waals surface area contributed by atoms with E-state index < -0.39 is 23.9 Å². The Morgan fingerprint density at radius 1 is 1.15 bits per heavy atom. The molecule has 1 aromatic carbocycles. The Balaban J connectivity index is 1.61. The highest BCUT2D eigenvalue weighted by Gasteiger charge is 2.22. The van der Waals surface area contributed by atoms with Gasteiger partial charge in [0.05, 0.1) is 18.5 Å². The summed E-state index contributed by atoms with van der Waals surface area (Å²) in [5, 5.41) is 20.3. The number of ether oxygens (including phenoxy) is 1. The van der Waals surface area contributed by atoms with Gasteiger partial charge in [0.1, 0.15) is 17.3 Å². The Hall–Kier alpha value is -4.54. The summed E-state index contributed by atoms with van der Waals surface area (Å²) in [5.74, 6) is -2.11. The smallest absolute Gasteiger partial charge is 0.354 e. The van der Waals surface area contributed by atoms with Crippen LogP contribution < -0.4 is 5.32 Å². The lowest BCUT2D eigenvalue weighted by molar-refractivity contribution is -0.119. The van der Waals surface area contributed by atoms with Crippen LogP contribution in [0.1, 0.15) is 40.7 Å². The molecule has 0 spiro atoms. The zero-order chi connectivity index (χ0) is 23.5. The topological polar surface area (TPSA) is 141 Å². The van der Waals surface area contributed by atoms with Crippen molar-refractivity contribution in [3.8, 4) is 11.3 Å². The fourth-order valence-corrected chi connectivity index (χ4v) is 3.37. The fraction of sp³-hybridized carbons (Fsp3) is 0.182. The number of carboxylic acids is 1. The first kappa shape index (κ1) is 21.7. The highest BCUT2D eigenvalue weighted by Crippen LogP contribution is 2.25. The zero-order valence-corrected chi connectivity index (χ0v) is 17.8. The number of fused-ring (bicyclic) bond motifs is 1. The van der Waals surface area contributed by atoms with Crippen molar-refractivity contribution in [3.05, 3.63) is 66.2 Å². The Bertz CT molecular complexity index is 1360. The molecule has 11 nitrogen and oxygen atoms in total. The minimum atomic E-state index is -1.17. The van der Waals surface area contributed by atoms with E-state index in [1.807, 2.05) is 6.07 Å². The second-order valence-corrected chi connectivity index (χ2v) is 7.06. The predicted octanol–water partition coefficient (Wildman–Crippen LogP) is 2.67. The minimum absolute atomic E-state index is 0.0818. The lowest BCUT2D eigenvalue weighted by Gasteiger charge is -2.15. The van der Waals surface area contributed by atoms with Gasteiger partial charge in [0.25, 0.3) is 0 Å². The molecule has 0 radical (unpaired) electrons. The van der Waals surface area contributed by atoms with Crippen LogP contribution in [0.5, 0.6) is 0 Å². The molecule has 3 heterocycles. The number of nitrogens with one attached hydrogen (secondary N) is 1. The summed E-state index contributed by atoms with van der Waals surface area (Å²) < 4.78 is 7.73. The Morgan fingerprint density at radius 2 is 1.97 bits per heavy atom. The molecule has 1 unspecified atom stereocenters. The Labute approximate surface area is 187 Å². The van der Waals surface area contributed by atoms with Crippen molar-refractivity contribution in [2.24, 2.45) is 0 Å². The molecule has 0 aliphatic carbocycles. The van der Waals surface area contributed by atoms with Gasteiger partial charge in [-0.15, -0.1) is 0 Å². The number of hydrogen-bond acceptors (Lipinski definition) is 7. The number of rotatable bonds is 7. The Kier molecular flexibility index (Phi) is 5.85. The second-order valence-electron chi connectivity index (χ2n) is 7.06. The lowest BCUT2D eigenvalue weighted by Crippen LogP contribution is -2.26. The monoisotopic (exact) mass is 448 g/mol. The van der Waals surface area contributed by atoms with Gasteiger partial charge in [-0.1, -0.05) is 12.1 Å². The van der Waals surface area contributed by atoms with Crippen molar-refractivity contribution in [2.45, 2.75) is 19.9 Å². The zero-order valence-electron chi connectivity index (χ0n) is 17.8. The van der Waals surface area contributed by atoms with Gasteiger partial charge in [0.2, 0.25) is 5.91 Å². The fourth-order valence-electron chi connectivity index (χ4n) is 3.37. The highest BCUT2D eigenvalue weighted by atomic mass is 16.5. The predicted molar refractivity (Wildman–Crippen MR) is 117 cm³/mol.